The Morgan fingerprint density at radius 3 is 2.57 bits per heavy atom. The standard InChI is InChI=1S/C43H54ClN3O9/c1-4-6-12-19-45-28-39(56-40-18-11-14-22-54-40)47(43(51)55-20-5-2)33-25-37(36(52-3)23-32(33)42(45)50)53-21-13-7-8-17-38(49)46-27-29(26-44)41-31-16-10-9-15-30(31)35(48)24-34(41)46/h5,9-10,15-16,23-25,29,39-40,48H,2,4,6-8,11-14,17-22,26-28H2,1,3H3/t29-,39+,40?/m1/s1. The van der Waals surface area contributed by atoms with E-state index in [0.717, 1.165) is 54.1 Å². The average Bonchev–Trinajstić information content (AvgIpc) is 3.55. The van der Waals surface area contributed by atoms with Crippen LogP contribution in [0.25, 0.3) is 10.8 Å². The number of hydrogen-bond donors (Lipinski definition) is 1. The summed E-state index contributed by atoms with van der Waals surface area (Å²) in [6, 6.07) is 12.6. The number of aromatic hydroxyl groups is 1. The number of fused-ring (bicyclic) bond motifs is 4. The van der Waals surface area contributed by atoms with Gasteiger partial charge in [0.25, 0.3) is 5.91 Å². The van der Waals surface area contributed by atoms with Gasteiger partial charge in [-0.3, -0.25) is 9.59 Å². The van der Waals surface area contributed by atoms with Crippen LogP contribution in [0.3, 0.4) is 0 Å². The number of anilines is 2. The lowest BCUT2D eigenvalue weighted by Crippen LogP contribution is -2.50. The quantitative estimate of drug-likeness (QED) is 0.0814. The van der Waals surface area contributed by atoms with Crippen LogP contribution < -0.4 is 19.3 Å². The Balaban J connectivity index is 1.15. The van der Waals surface area contributed by atoms with Gasteiger partial charge in [0, 0.05) is 55.4 Å². The maximum Gasteiger partial charge on any atom is 0.416 e. The van der Waals surface area contributed by atoms with Crippen molar-refractivity contribution in [1.82, 2.24) is 4.90 Å². The first-order chi connectivity index (χ1) is 27.3. The summed E-state index contributed by atoms with van der Waals surface area (Å²) in [7, 11) is 1.51. The van der Waals surface area contributed by atoms with Crippen LogP contribution in [0.1, 0.15) is 93.0 Å². The summed E-state index contributed by atoms with van der Waals surface area (Å²) < 4.78 is 29.9. The fourth-order valence-electron chi connectivity index (χ4n) is 7.79. The van der Waals surface area contributed by atoms with E-state index in [-0.39, 0.29) is 42.2 Å². The summed E-state index contributed by atoms with van der Waals surface area (Å²) >= 11 is 6.37. The Labute approximate surface area is 334 Å². The van der Waals surface area contributed by atoms with E-state index in [2.05, 4.69) is 13.5 Å². The first-order valence-electron chi connectivity index (χ1n) is 19.9. The smallest absolute Gasteiger partial charge is 0.416 e. The molecule has 0 aromatic heterocycles. The zero-order valence-electron chi connectivity index (χ0n) is 32.5. The van der Waals surface area contributed by atoms with Gasteiger partial charge in [0.2, 0.25) is 5.91 Å². The lowest BCUT2D eigenvalue weighted by atomic mass is 9.95. The van der Waals surface area contributed by atoms with Crippen molar-refractivity contribution < 1.29 is 43.2 Å². The van der Waals surface area contributed by atoms with Gasteiger partial charge in [-0.1, -0.05) is 56.7 Å². The summed E-state index contributed by atoms with van der Waals surface area (Å²) in [6.07, 6.45) is 6.98. The van der Waals surface area contributed by atoms with Crippen LogP contribution in [0, 0.1) is 0 Å². The molecule has 3 aromatic carbocycles. The van der Waals surface area contributed by atoms with E-state index in [4.69, 9.17) is 35.3 Å². The summed E-state index contributed by atoms with van der Waals surface area (Å²) in [5.41, 5.74) is 2.30. The number of ether oxygens (including phenoxy) is 5. The van der Waals surface area contributed by atoms with E-state index in [9.17, 15) is 19.5 Å². The highest BCUT2D eigenvalue weighted by atomic mass is 35.5. The molecule has 3 amide bonds. The molecule has 1 saturated heterocycles. The molecule has 1 unspecified atom stereocenters. The third kappa shape index (κ3) is 9.19. The van der Waals surface area contributed by atoms with Gasteiger partial charge in [-0.15, -0.1) is 11.6 Å². The van der Waals surface area contributed by atoms with E-state index >= 15 is 0 Å². The second kappa shape index (κ2) is 19.6. The van der Waals surface area contributed by atoms with E-state index in [1.54, 1.807) is 28.0 Å². The number of carbonyl (C=O) groups excluding carboxylic acids is 3. The predicted molar refractivity (Wildman–Crippen MR) is 216 cm³/mol. The topological polar surface area (TPSA) is 127 Å². The molecular formula is C43H54ClN3O9. The molecule has 1 N–H and O–H groups in total. The summed E-state index contributed by atoms with van der Waals surface area (Å²) in [5, 5.41) is 12.4. The van der Waals surface area contributed by atoms with Crippen LogP contribution >= 0.6 is 11.6 Å². The molecule has 3 aliphatic heterocycles. The number of amides is 3. The number of rotatable bonds is 17. The zero-order valence-corrected chi connectivity index (χ0v) is 33.3. The fraction of sp³-hybridized carbons (Fsp3) is 0.512. The number of unbranched alkanes of at least 4 members (excludes halogenated alkanes) is 4. The molecule has 3 aromatic rings. The number of benzene rings is 3. The molecule has 0 aliphatic carbocycles. The van der Waals surface area contributed by atoms with Gasteiger partial charge in [-0.2, -0.15) is 0 Å². The first kappa shape index (κ1) is 41.1. The zero-order chi connectivity index (χ0) is 39.6. The van der Waals surface area contributed by atoms with E-state index in [0.29, 0.717) is 81.5 Å². The van der Waals surface area contributed by atoms with Gasteiger partial charge in [-0.05, 0) is 62.0 Å². The van der Waals surface area contributed by atoms with Crippen LogP contribution in [-0.2, 0) is 19.0 Å². The first-order valence-corrected chi connectivity index (χ1v) is 20.4. The number of phenols is 1. The monoisotopic (exact) mass is 791 g/mol. The molecule has 3 heterocycles. The van der Waals surface area contributed by atoms with E-state index in [1.165, 1.54) is 18.1 Å². The molecule has 3 atom stereocenters. The van der Waals surface area contributed by atoms with Crippen molar-refractivity contribution in [2.45, 2.75) is 89.6 Å². The molecule has 1 fully saturated rings. The van der Waals surface area contributed by atoms with Gasteiger partial charge >= 0.3 is 6.09 Å². The molecule has 0 saturated carbocycles. The fourth-order valence-corrected chi connectivity index (χ4v) is 8.04. The van der Waals surface area contributed by atoms with Crippen LogP contribution in [0.2, 0.25) is 0 Å². The Kier molecular flexibility index (Phi) is 14.4. The minimum atomic E-state index is -0.883. The van der Waals surface area contributed by atoms with E-state index in [1.807, 2.05) is 24.3 Å². The largest absolute Gasteiger partial charge is 0.507 e. The van der Waals surface area contributed by atoms with Crippen molar-refractivity contribution in [3.63, 3.8) is 0 Å². The average molecular weight is 792 g/mol. The minimum absolute atomic E-state index is 0.0193. The van der Waals surface area contributed by atoms with Crippen molar-refractivity contribution in [3.05, 3.63) is 66.2 Å². The maximum atomic E-state index is 14.2. The van der Waals surface area contributed by atoms with Crippen molar-refractivity contribution in [1.29, 1.82) is 0 Å². The van der Waals surface area contributed by atoms with Crippen molar-refractivity contribution >= 4 is 51.7 Å². The highest BCUT2D eigenvalue weighted by Crippen LogP contribution is 2.45. The van der Waals surface area contributed by atoms with Crippen LogP contribution in [-0.4, -0.2) is 92.9 Å². The molecule has 0 radical (unpaired) electrons. The van der Waals surface area contributed by atoms with E-state index < -0.39 is 18.6 Å². The molecule has 3 aliphatic rings. The molecule has 0 spiro atoms. The van der Waals surface area contributed by atoms with Crippen molar-refractivity contribution in [2.75, 3.05) is 62.2 Å². The van der Waals surface area contributed by atoms with Gasteiger partial charge < -0.3 is 38.6 Å². The summed E-state index contributed by atoms with van der Waals surface area (Å²) in [4.78, 5) is 46.4. The lowest BCUT2D eigenvalue weighted by molar-refractivity contribution is -0.188. The Morgan fingerprint density at radius 2 is 1.84 bits per heavy atom. The SMILES string of the molecule is C=CCOC(=O)N1c2cc(OCCCCCC(=O)N3C[C@@H](CCl)c4c3cc(O)c3ccccc43)c(OC)cc2C(=O)N(CCCCC)C[C@@H]1OC1CCCCO1. The predicted octanol–water partition coefficient (Wildman–Crippen LogP) is 8.51. The number of alkyl halides is 1. The number of nitrogens with zero attached hydrogens (tertiary/aromatic N) is 3. The van der Waals surface area contributed by atoms with Crippen molar-refractivity contribution in [2.24, 2.45) is 0 Å². The molecule has 302 valence electrons. The third-order valence-electron chi connectivity index (χ3n) is 10.6. The third-order valence-corrected chi connectivity index (χ3v) is 11.0. The second-order valence-electron chi connectivity index (χ2n) is 14.5. The Morgan fingerprint density at radius 1 is 1.02 bits per heavy atom. The van der Waals surface area contributed by atoms with Gasteiger partial charge in [0.05, 0.1) is 37.2 Å². The highest BCUT2D eigenvalue weighted by Gasteiger charge is 2.40. The lowest BCUT2D eigenvalue weighted by Gasteiger charge is -2.35. The molecule has 56 heavy (non-hydrogen) atoms. The molecule has 13 heteroatoms. The minimum Gasteiger partial charge on any atom is -0.507 e. The Hall–Kier alpha value is -4.52. The number of hydrogen-bond acceptors (Lipinski definition) is 9. The number of carbonyl (C=O) groups is 3. The molecule has 12 nitrogen and oxygen atoms in total. The van der Waals surface area contributed by atoms with Crippen LogP contribution in [0.15, 0.2) is 55.1 Å². The van der Waals surface area contributed by atoms with Crippen molar-refractivity contribution in [3.8, 4) is 17.2 Å². The second-order valence-corrected chi connectivity index (χ2v) is 14.8. The van der Waals surface area contributed by atoms with Gasteiger partial charge in [0.1, 0.15) is 12.4 Å². The van der Waals surface area contributed by atoms with Gasteiger partial charge in [-0.25, -0.2) is 9.69 Å². The Bertz CT molecular complexity index is 1870. The number of phenolic OH excluding ortho intramolecular Hbond substituents is 1. The number of halogens is 1. The van der Waals surface area contributed by atoms with Crippen LogP contribution in [0.5, 0.6) is 17.2 Å². The normalized spacial score (nSPS) is 19.4. The van der Waals surface area contributed by atoms with Gasteiger partial charge in [0.15, 0.2) is 24.0 Å². The molecular weight excluding hydrogens is 738 g/mol. The molecule has 6 rings (SSSR count). The molecule has 0 bridgehead atoms. The highest BCUT2D eigenvalue weighted by molar-refractivity contribution is 6.19. The number of methoxy groups -OCH3 is 1. The maximum absolute atomic E-state index is 14.2. The van der Waals surface area contributed by atoms with Crippen LogP contribution in [0.4, 0.5) is 16.2 Å². The summed E-state index contributed by atoms with van der Waals surface area (Å²) in [6.45, 7) is 7.73. The summed E-state index contributed by atoms with van der Waals surface area (Å²) in [5.74, 6) is 0.940.